The van der Waals surface area contributed by atoms with E-state index in [4.69, 9.17) is 13.9 Å². The van der Waals surface area contributed by atoms with E-state index in [1.54, 1.807) is 12.1 Å². The Morgan fingerprint density at radius 1 is 0.897 bits per heavy atom. The third kappa shape index (κ3) is 5.38. The molecule has 0 aliphatic rings. The maximum absolute atomic E-state index is 12.9. The first kappa shape index (κ1) is 20.5. The summed E-state index contributed by atoms with van der Waals surface area (Å²) in [5.74, 6) is 1.57. The van der Waals surface area contributed by atoms with Crippen molar-refractivity contribution < 1.29 is 13.9 Å². The van der Waals surface area contributed by atoms with E-state index in [0.29, 0.717) is 41.4 Å². The molecule has 0 unspecified atom stereocenters. The number of hydrogen-bond donors (Lipinski definition) is 0. The van der Waals surface area contributed by atoms with Crippen molar-refractivity contribution in [2.75, 3.05) is 13.2 Å². The molecule has 0 radical (unpaired) electrons. The Balaban J connectivity index is 2.08. The highest BCUT2D eigenvalue weighted by Crippen LogP contribution is 2.32. The van der Waals surface area contributed by atoms with Gasteiger partial charge in [0.2, 0.25) is 0 Å². The zero-order chi connectivity index (χ0) is 20.8. The van der Waals surface area contributed by atoms with Crippen LogP contribution in [0.3, 0.4) is 0 Å². The molecule has 0 amide bonds. The second kappa shape index (κ2) is 9.28. The topological polar surface area (TPSA) is 48.7 Å². The predicted molar refractivity (Wildman–Crippen MR) is 118 cm³/mol. The second-order valence-electron chi connectivity index (χ2n) is 7.32. The first-order valence-corrected chi connectivity index (χ1v) is 9.63. The Kier molecular flexibility index (Phi) is 6.55. The minimum atomic E-state index is -0.145. The lowest BCUT2D eigenvalue weighted by molar-refractivity contribution is 0.346. The van der Waals surface area contributed by atoms with Gasteiger partial charge < -0.3 is 13.9 Å². The number of benzene rings is 2. The fourth-order valence-electron chi connectivity index (χ4n) is 2.77. The fourth-order valence-corrected chi connectivity index (χ4v) is 2.77. The summed E-state index contributed by atoms with van der Waals surface area (Å²) in [7, 11) is 0. The lowest BCUT2D eigenvalue weighted by Gasteiger charge is -2.12. The fraction of sp³-hybridized carbons (Fsp3) is 0.240. The smallest absolute Gasteiger partial charge is 0.197 e. The van der Waals surface area contributed by atoms with Gasteiger partial charge in [0, 0.05) is 23.8 Å². The zero-order valence-corrected chi connectivity index (χ0v) is 17.3. The maximum atomic E-state index is 12.9. The number of fused-ring (bicyclic) bond motifs is 1. The van der Waals surface area contributed by atoms with Crippen molar-refractivity contribution in [1.29, 1.82) is 0 Å². The van der Waals surface area contributed by atoms with Gasteiger partial charge in [0.05, 0.1) is 0 Å². The number of rotatable bonds is 7. The van der Waals surface area contributed by atoms with E-state index in [-0.39, 0.29) is 5.43 Å². The summed E-state index contributed by atoms with van der Waals surface area (Å²) in [6.45, 7) is 8.84. The predicted octanol–water partition coefficient (Wildman–Crippen LogP) is 6.15. The van der Waals surface area contributed by atoms with Crippen LogP contribution in [0.25, 0.3) is 22.3 Å². The van der Waals surface area contributed by atoms with Gasteiger partial charge >= 0.3 is 0 Å². The molecule has 4 nitrogen and oxygen atoms in total. The van der Waals surface area contributed by atoms with Crippen molar-refractivity contribution in [3.05, 3.63) is 82.1 Å². The molecule has 0 fully saturated rings. The summed E-state index contributed by atoms with van der Waals surface area (Å²) in [5, 5.41) is 0.418. The Morgan fingerprint density at radius 2 is 1.55 bits per heavy atom. The highest BCUT2D eigenvalue weighted by Gasteiger charge is 2.14. The van der Waals surface area contributed by atoms with Gasteiger partial charge in [0.1, 0.15) is 41.4 Å². The molecule has 0 aliphatic carbocycles. The van der Waals surface area contributed by atoms with E-state index in [1.165, 1.54) is 11.6 Å². The van der Waals surface area contributed by atoms with Crippen molar-refractivity contribution in [3.63, 3.8) is 0 Å². The lowest BCUT2D eigenvalue weighted by atomic mass is 10.1. The largest absolute Gasteiger partial charge is 0.489 e. The minimum Gasteiger partial charge on any atom is -0.489 e. The molecule has 0 atom stereocenters. The highest BCUT2D eigenvalue weighted by molar-refractivity contribution is 5.86. The van der Waals surface area contributed by atoms with Crippen molar-refractivity contribution in [1.82, 2.24) is 0 Å². The molecule has 0 saturated carbocycles. The van der Waals surface area contributed by atoms with Gasteiger partial charge in [-0.05, 0) is 39.8 Å². The summed E-state index contributed by atoms with van der Waals surface area (Å²) in [4.78, 5) is 12.9. The van der Waals surface area contributed by atoms with Gasteiger partial charge in [-0.15, -0.1) is 0 Å². The Morgan fingerprint density at radius 3 is 2.21 bits per heavy atom. The normalized spacial score (nSPS) is 10.5. The third-order valence-electron chi connectivity index (χ3n) is 4.30. The average molecular weight is 390 g/mol. The van der Waals surface area contributed by atoms with Gasteiger partial charge in [0.25, 0.3) is 0 Å². The van der Waals surface area contributed by atoms with E-state index < -0.39 is 0 Å². The standard InChI is InChI=1S/C25H26O4/c1-17(2)10-12-27-20-14-23(28-13-11-18(3)4)25-21(26)16-22(29-24(25)15-20)19-8-6-5-7-9-19/h5-11,14-16H,12-13H2,1-4H3. The van der Waals surface area contributed by atoms with Crippen LogP contribution in [-0.2, 0) is 0 Å². The molecule has 29 heavy (non-hydrogen) atoms. The van der Waals surface area contributed by atoms with Crippen molar-refractivity contribution in [2.45, 2.75) is 27.7 Å². The lowest BCUT2D eigenvalue weighted by Crippen LogP contribution is -2.06. The van der Waals surface area contributed by atoms with E-state index in [1.807, 2.05) is 70.2 Å². The molecule has 0 N–H and O–H groups in total. The SMILES string of the molecule is CC(C)=CCOc1cc(OCC=C(C)C)c2c(=O)cc(-c3ccccc3)oc2c1. The van der Waals surface area contributed by atoms with Crippen LogP contribution in [-0.4, -0.2) is 13.2 Å². The van der Waals surface area contributed by atoms with Crippen LogP contribution in [0.5, 0.6) is 11.5 Å². The molecule has 1 heterocycles. The molecule has 4 heteroatoms. The van der Waals surface area contributed by atoms with E-state index >= 15 is 0 Å². The second-order valence-corrected chi connectivity index (χ2v) is 7.32. The molecule has 0 saturated heterocycles. The monoisotopic (exact) mass is 390 g/mol. The summed E-state index contributed by atoms with van der Waals surface area (Å²) < 4.78 is 17.8. The summed E-state index contributed by atoms with van der Waals surface area (Å²) in [6, 6.07) is 14.6. The Labute approximate surface area is 171 Å². The third-order valence-corrected chi connectivity index (χ3v) is 4.30. The average Bonchev–Trinajstić information content (AvgIpc) is 2.67. The van der Waals surface area contributed by atoms with Gasteiger partial charge in [-0.3, -0.25) is 4.79 Å². The Bertz CT molecular complexity index is 1100. The van der Waals surface area contributed by atoms with E-state index in [2.05, 4.69) is 0 Å². The van der Waals surface area contributed by atoms with Crippen molar-refractivity contribution in [2.24, 2.45) is 0 Å². The summed E-state index contributed by atoms with van der Waals surface area (Å²) >= 11 is 0. The molecule has 1 aromatic heterocycles. The van der Waals surface area contributed by atoms with Crippen molar-refractivity contribution in [3.8, 4) is 22.8 Å². The highest BCUT2D eigenvalue weighted by atomic mass is 16.5. The number of hydrogen-bond acceptors (Lipinski definition) is 4. The van der Waals surface area contributed by atoms with Gasteiger partial charge in [-0.2, -0.15) is 0 Å². The number of allylic oxidation sites excluding steroid dienone is 2. The van der Waals surface area contributed by atoms with Crippen LogP contribution in [0.15, 0.2) is 81.0 Å². The molecule has 0 bridgehead atoms. The molecule has 3 rings (SSSR count). The molecule has 150 valence electrons. The van der Waals surface area contributed by atoms with Gasteiger partial charge in [0.15, 0.2) is 5.43 Å². The molecule has 2 aromatic carbocycles. The maximum Gasteiger partial charge on any atom is 0.197 e. The minimum absolute atomic E-state index is 0.145. The molecular weight excluding hydrogens is 364 g/mol. The van der Waals surface area contributed by atoms with Crippen LogP contribution >= 0.6 is 0 Å². The Hall–Kier alpha value is -3.27. The first-order chi connectivity index (χ1) is 13.9. The molecule has 3 aromatic rings. The van der Waals surface area contributed by atoms with Gasteiger partial charge in [-0.1, -0.05) is 41.5 Å². The summed E-state index contributed by atoms with van der Waals surface area (Å²) in [6.07, 6.45) is 3.95. The number of ether oxygens (including phenoxy) is 2. The van der Waals surface area contributed by atoms with E-state index in [0.717, 1.165) is 11.1 Å². The van der Waals surface area contributed by atoms with Crippen molar-refractivity contribution >= 4 is 11.0 Å². The van der Waals surface area contributed by atoms with Crippen LogP contribution in [0.2, 0.25) is 0 Å². The molecule has 0 spiro atoms. The van der Waals surface area contributed by atoms with Crippen LogP contribution in [0.1, 0.15) is 27.7 Å². The summed E-state index contributed by atoms with van der Waals surface area (Å²) in [5.41, 5.74) is 3.45. The molecule has 0 aliphatic heterocycles. The zero-order valence-electron chi connectivity index (χ0n) is 17.3. The van der Waals surface area contributed by atoms with Gasteiger partial charge in [-0.25, -0.2) is 0 Å². The van der Waals surface area contributed by atoms with Crippen LogP contribution < -0.4 is 14.9 Å². The van der Waals surface area contributed by atoms with E-state index in [9.17, 15) is 4.79 Å². The first-order valence-electron chi connectivity index (χ1n) is 9.63. The van der Waals surface area contributed by atoms with Crippen LogP contribution in [0.4, 0.5) is 0 Å². The van der Waals surface area contributed by atoms with Crippen LogP contribution in [0, 0.1) is 0 Å². The quantitative estimate of drug-likeness (QED) is 0.454. The molecular formula is C25H26O4.